The van der Waals surface area contributed by atoms with Crippen LogP contribution in [0.3, 0.4) is 0 Å². The van der Waals surface area contributed by atoms with Gasteiger partial charge in [0.1, 0.15) is 5.76 Å². The molecular formula is C13H20N2O3. The van der Waals surface area contributed by atoms with Crippen molar-refractivity contribution < 1.29 is 13.9 Å². The van der Waals surface area contributed by atoms with Gasteiger partial charge in [0, 0.05) is 13.5 Å². The average Bonchev–Trinajstić information content (AvgIpc) is 2.74. The molecule has 1 heterocycles. The molecule has 0 spiro atoms. The number of nitrogens with one attached hydrogen (secondary N) is 1. The van der Waals surface area contributed by atoms with Crippen molar-refractivity contribution in [1.82, 2.24) is 4.98 Å². The lowest BCUT2D eigenvalue weighted by Gasteiger charge is -2.27. The highest BCUT2D eigenvalue weighted by atomic mass is 16.5. The maximum Gasteiger partial charge on any atom is 0.301 e. The number of ether oxygens (including phenoxy) is 1. The molecule has 1 aliphatic rings. The lowest BCUT2D eigenvalue weighted by molar-refractivity contribution is -0.117. The molecule has 5 nitrogen and oxygen atoms in total. The summed E-state index contributed by atoms with van der Waals surface area (Å²) in [5, 5.41) is 2.69. The quantitative estimate of drug-likeness (QED) is 0.894. The van der Waals surface area contributed by atoms with Gasteiger partial charge < -0.3 is 9.15 Å². The predicted molar refractivity (Wildman–Crippen MR) is 67.2 cm³/mol. The molecule has 0 aliphatic heterocycles. The van der Waals surface area contributed by atoms with Gasteiger partial charge in [-0.25, -0.2) is 4.98 Å². The van der Waals surface area contributed by atoms with Crippen molar-refractivity contribution in [1.29, 1.82) is 0 Å². The number of nitrogens with zero attached hydrogens (tertiary/aromatic N) is 1. The van der Waals surface area contributed by atoms with Gasteiger partial charge in [0.2, 0.25) is 5.91 Å². The molecule has 1 aliphatic carbocycles. The zero-order valence-electron chi connectivity index (χ0n) is 10.9. The van der Waals surface area contributed by atoms with E-state index in [0.29, 0.717) is 24.2 Å². The molecule has 1 fully saturated rings. The zero-order valence-corrected chi connectivity index (χ0v) is 10.9. The van der Waals surface area contributed by atoms with E-state index in [1.54, 1.807) is 20.2 Å². The lowest BCUT2D eigenvalue weighted by Crippen LogP contribution is -2.25. The summed E-state index contributed by atoms with van der Waals surface area (Å²) >= 11 is 0. The zero-order chi connectivity index (χ0) is 13.0. The Kier molecular flexibility index (Phi) is 4.36. The fraction of sp³-hybridized carbons (Fsp3) is 0.692. The summed E-state index contributed by atoms with van der Waals surface area (Å²) in [5.74, 6) is 1.07. The normalized spacial score (nSPS) is 23.9. The first-order chi connectivity index (χ1) is 8.67. The summed E-state index contributed by atoms with van der Waals surface area (Å²) in [6.45, 7) is 1.80. The molecule has 100 valence electrons. The van der Waals surface area contributed by atoms with Crippen LogP contribution in [0.2, 0.25) is 0 Å². The molecule has 2 unspecified atom stereocenters. The number of amides is 1. The Labute approximate surface area is 107 Å². The Morgan fingerprint density at radius 2 is 2.44 bits per heavy atom. The Bertz CT molecular complexity index is 403. The Balaban J connectivity index is 1.80. The number of aryl methyl sites for hydroxylation is 1. The van der Waals surface area contributed by atoms with Crippen LogP contribution in [0.5, 0.6) is 0 Å². The molecule has 1 amide bonds. The first-order valence-corrected chi connectivity index (χ1v) is 6.42. The summed E-state index contributed by atoms with van der Waals surface area (Å²) < 4.78 is 10.6. The molecule has 1 aromatic heterocycles. The highest BCUT2D eigenvalue weighted by molar-refractivity contribution is 5.88. The molecule has 18 heavy (non-hydrogen) atoms. The van der Waals surface area contributed by atoms with E-state index in [4.69, 9.17) is 9.15 Å². The van der Waals surface area contributed by atoms with Crippen LogP contribution in [0, 0.1) is 12.8 Å². The van der Waals surface area contributed by atoms with Gasteiger partial charge in [0.25, 0.3) is 0 Å². The van der Waals surface area contributed by atoms with Crippen LogP contribution in [0.4, 0.5) is 6.01 Å². The van der Waals surface area contributed by atoms with E-state index >= 15 is 0 Å². The molecule has 5 heteroatoms. The third-order valence-corrected chi connectivity index (χ3v) is 3.41. The smallest absolute Gasteiger partial charge is 0.301 e. The van der Waals surface area contributed by atoms with Gasteiger partial charge in [-0.1, -0.05) is 6.42 Å². The van der Waals surface area contributed by atoms with E-state index in [2.05, 4.69) is 10.3 Å². The van der Waals surface area contributed by atoms with Crippen LogP contribution in [-0.2, 0) is 9.53 Å². The number of carbonyl (C=O) groups is 1. The van der Waals surface area contributed by atoms with E-state index in [9.17, 15) is 4.79 Å². The molecule has 0 radical (unpaired) electrons. The van der Waals surface area contributed by atoms with Crippen LogP contribution in [-0.4, -0.2) is 24.1 Å². The summed E-state index contributed by atoms with van der Waals surface area (Å²) in [7, 11) is 1.74. The number of aromatic nitrogens is 1. The number of carbonyl (C=O) groups excluding carboxylic acids is 1. The van der Waals surface area contributed by atoms with Crippen molar-refractivity contribution in [2.24, 2.45) is 5.92 Å². The number of oxazole rings is 1. The lowest BCUT2D eigenvalue weighted by atomic mass is 9.85. The van der Waals surface area contributed by atoms with Crippen molar-refractivity contribution >= 4 is 11.9 Å². The van der Waals surface area contributed by atoms with Gasteiger partial charge in [0.15, 0.2) is 0 Å². The molecule has 2 atom stereocenters. The van der Waals surface area contributed by atoms with Crippen LogP contribution in [0.25, 0.3) is 0 Å². The molecule has 2 rings (SSSR count). The second kappa shape index (κ2) is 6.00. The highest BCUT2D eigenvalue weighted by Crippen LogP contribution is 2.28. The number of anilines is 1. The minimum absolute atomic E-state index is 0.0291. The summed E-state index contributed by atoms with van der Waals surface area (Å²) in [6, 6.07) is 0.289. The van der Waals surface area contributed by atoms with Gasteiger partial charge in [-0.15, -0.1) is 0 Å². The van der Waals surface area contributed by atoms with E-state index < -0.39 is 0 Å². The SMILES string of the molecule is COC1CCCC(CC(=O)Nc2ncc(C)o2)C1. The second-order valence-electron chi connectivity index (χ2n) is 4.92. The third kappa shape index (κ3) is 3.57. The summed E-state index contributed by atoms with van der Waals surface area (Å²) in [6.07, 6.45) is 6.72. The van der Waals surface area contributed by atoms with Gasteiger partial charge in [-0.2, -0.15) is 0 Å². The number of hydrogen-bond donors (Lipinski definition) is 1. The van der Waals surface area contributed by atoms with Crippen LogP contribution < -0.4 is 5.32 Å². The monoisotopic (exact) mass is 252 g/mol. The first kappa shape index (κ1) is 13.1. The standard InChI is InChI=1S/C13H20N2O3/c1-9-8-14-13(18-9)15-12(16)7-10-4-3-5-11(6-10)17-2/h8,10-11H,3-7H2,1-2H3,(H,14,15,16). The van der Waals surface area contributed by atoms with Crippen LogP contribution in [0.1, 0.15) is 37.9 Å². The fourth-order valence-corrected chi connectivity index (χ4v) is 2.49. The number of rotatable bonds is 4. The van der Waals surface area contributed by atoms with Gasteiger partial charge in [-0.3, -0.25) is 10.1 Å². The molecule has 0 aromatic carbocycles. The number of methoxy groups -OCH3 is 1. The van der Waals surface area contributed by atoms with Crippen LogP contribution in [0.15, 0.2) is 10.6 Å². The summed E-state index contributed by atoms with van der Waals surface area (Å²) in [5.41, 5.74) is 0. The molecule has 1 aromatic rings. The van der Waals surface area contributed by atoms with E-state index in [-0.39, 0.29) is 11.9 Å². The molecule has 0 bridgehead atoms. The first-order valence-electron chi connectivity index (χ1n) is 6.42. The molecule has 0 saturated heterocycles. The molecule has 1 N–H and O–H groups in total. The number of hydrogen-bond acceptors (Lipinski definition) is 4. The minimum Gasteiger partial charge on any atom is -0.429 e. The maximum atomic E-state index is 11.8. The molecular weight excluding hydrogens is 232 g/mol. The third-order valence-electron chi connectivity index (χ3n) is 3.41. The Morgan fingerprint density at radius 3 is 3.11 bits per heavy atom. The van der Waals surface area contributed by atoms with Crippen molar-refractivity contribution in [3.8, 4) is 0 Å². The average molecular weight is 252 g/mol. The Hall–Kier alpha value is -1.36. The summed E-state index contributed by atoms with van der Waals surface area (Å²) in [4.78, 5) is 15.8. The van der Waals surface area contributed by atoms with Crippen molar-refractivity contribution in [3.63, 3.8) is 0 Å². The van der Waals surface area contributed by atoms with Gasteiger partial charge >= 0.3 is 6.01 Å². The van der Waals surface area contributed by atoms with Gasteiger partial charge in [-0.05, 0) is 32.1 Å². The van der Waals surface area contributed by atoms with E-state index in [0.717, 1.165) is 25.7 Å². The minimum atomic E-state index is -0.0291. The van der Waals surface area contributed by atoms with Gasteiger partial charge in [0.05, 0.1) is 12.3 Å². The Morgan fingerprint density at radius 1 is 1.61 bits per heavy atom. The largest absolute Gasteiger partial charge is 0.429 e. The predicted octanol–water partition coefficient (Wildman–Crippen LogP) is 2.52. The van der Waals surface area contributed by atoms with Crippen molar-refractivity contribution in [2.75, 3.05) is 12.4 Å². The molecule has 1 saturated carbocycles. The second-order valence-corrected chi connectivity index (χ2v) is 4.92. The highest BCUT2D eigenvalue weighted by Gasteiger charge is 2.24. The fourth-order valence-electron chi connectivity index (χ4n) is 2.49. The topological polar surface area (TPSA) is 64.4 Å². The van der Waals surface area contributed by atoms with E-state index in [1.165, 1.54) is 0 Å². The van der Waals surface area contributed by atoms with Crippen molar-refractivity contribution in [2.45, 2.75) is 45.1 Å². The van der Waals surface area contributed by atoms with E-state index in [1.807, 2.05) is 0 Å². The maximum absolute atomic E-state index is 11.8. The van der Waals surface area contributed by atoms with Crippen LogP contribution >= 0.6 is 0 Å². The van der Waals surface area contributed by atoms with Crippen molar-refractivity contribution in [3.05, 3.63) is 12.0 Å².